The van der Waals surface area contributed by atoms with Crippen LogP contribution in [0.2, 0.25) is 0 Å². The molecule has 7 heteroatoms. The topological polar surface area (TPSA) is 104 Å². The number of nitrogens with zero attached hydrogens (tertiary/aromatic N) is 3. The monoisotopic (exact) mass is 379 g/mol. The number of benzene rings is 1. The van der Waals surface area contributed by atoms with Crippen LogP contribution in [0.5, 0.6) is 0 Å². The number of rotatable bonds is 4. The SMILES string of the molecule is CC(C)(O)[C@H]1CC[C@H](NC(=O)c2ccc(-c3nccc4[nH]nnc34)cc2)CC1. The van der Waals surface area contributed by atoms with Crippen LogP contribution in [0.1, 0.15) is 49.9 Å². The van der Waals surface area contributed by atoms with Crippen LogP contribution in [0, 0.1) is 5.92 Å². The first-order valence-corrected chi connectivity index (χ1v) is 9.71. The second-order valence-corrected chi connectivity index (χ2v) is 8.12. The maximum absolute atomic E-state index is 12.6. The van der Waals surface area contributed by atoms with Crippen LogP contribution in [-0.4, -0.2) is 43.1 Å². The second kappa shape index (κ2) is 7.31. The van der Waals surface area contributed by atoms with Crippen molar-refractivity contribution in [2.45, 2.75) is 51.2 Å². The fourth-order valence-electron chi connectivity index (χ4n) is 3.98. The molecule has 0 aliphatic heterocycles. The van der Waals surface area contributed by atoms with E-state index < -0.39 is 5.60 Å². The van der Waals surface area contributed by atoms with Crippen molar-refractivity contribution in [2.75, 3.05) is 0 Å². The zero-order valence-electron chi connectivity index (χ0n) is 16.1. The molecule has 7 nitrogen and oxygen atoms in total. The van der Waals surface area contributed by atoms with E-state index in [4.69, 9.17) is 0 Å². The lowest BCUT2D eigenvalue weighted by Crippen LogP contribution is -2.41. The summed E-state index contributed by atoms with van der Waals surface area (Å²) in [7, 11) is 0. The Bertz CT molecular complexity index is 966. The first-order valence-electron chi connectivity index (χ1n) is 9.71. The summed E-state index contributed by atoms with van der Waals surface area (Å²) in [6, 6.07) is 9.39. The average molecular weight is 379 g/mol. The van der Waals surface area contributed by atoms with Crippen LogP contribution in [0.3, 0.4) is 0 Å². The third-order valence-corrected chi connectivity index (χ3v) is 5.73. The van der Waals surface area contributed by atoms with Crippen molar-refractivity contribution in [1.29, 1.82) is 0 Å². The molecule has 1 aromatic carbocycles. The van der Waals surface area contributed by atoms with Gasteiger partial charge in [0, 0.05) is 23.4 Å². The highest BCUT2D eigenvalue weighted by Crippen LogP contribution is 2.32. The van der Waals surface area contributed by atoms with Gasteiger partial charge >= 0.3 is 0 Å². The van der Waals surface area contributed by atoms with Gasteiger partial charge < -0.3 is 10.4 Å². The lowest BCUT2D eigenvalue weighted by Gasteiger charge is -2.36. The minimum Gasteiger partial charge on any atom is -0.390 e. The van der Waals surface area contributed by atoms with Gasteiger partial charge in [-0.15, -0.1) is 5.10 Å². The predicted molar refractivity (Wildman–Crippen MR) is 107 cm³/mol. The van der Waals surface area contributed by atoms with Crippen molar-refractivity contribution in [3.8, 4) is 11.3 Å². The van der Waals surface area contributed by atoms with E-state index in [-0.39, 0.29) is 11.9 Å². The van der Waals surface area contributed by atoms with E-state index in [1.54, 1.807) is 6.20 Å². The minimum atomic E-state index is -0.647. The molecule has 2 aromatic heterocycles. The lowest BCUT2D eigenvalue weighted by molar-refractivity contribution is -0.00257. The largest absolute Gasteiger partial charge is 0.390 e. The molecule has 2 heterocycles. The van der Waals surface area contributed by atoms with Crippen molar-refractivity contribution in [3.63, 3.8) is 0 Å². The number of aromatic nitrogens is 4. The Morgan fingerprint density at radius 2 is 1.86 bits per heavy atom. The lowest BCUT2D eigenvalue weighted by atomic mass is 9.77. The van der Waals surface area contributed by atoms with Gasteiger partial charge in [-0.1, -0.05) is 17.3 Å². The zero-order valence-corrected chi connectivity index (χ0v) is 16.1. The Morgan fingerprint density at radius 3 is 2.54 bits per heavy atom. The number of H-pyrrole nitrogens is 1. The first-order chi connectivity index (χ1) is 13.4. The van der Waals surface area contributed by atoms with Gasteiger partial charge in [-0.2, -0.15) is 0 Å². The van der Waals surface area contributed by atoms with Gasteiger partial charge in [-0.25, -0.2) is 0 Å². The number of carbonyl (C=O) groups is 1. The summed E-state index contributed by atoms with van der Waals surface area (Å²) >= 11 is 0. The first kappa shape index (κ1) is 18.6. The molecule has 3 aromatic rings. The molecule has 146 valence electrons. The van der Waals surface area contributed by atoms with Crippen LogP contribution in [0.15, 0.2) is 36.5 Å². The summed E-state index contributed by atoms with van der Waals surface area (Å²) in [4.78, 5) is 17.0. The van der Waals surface area contributed by atoms with E-state index in [9.17, 15) is 9.90 Å². The minimum absolute atomic E-state index is 0.0640. The summed E-state index contributed by atoms with van der Waals surface area (Å²) in [5.41, 5.74) is 3.15. The van der Waals surface area contributed by atoms with Crippen molar-refractivity contribution in [2.24, 2.45) is 5.92 Å². The van der Waals surface area contributed by atoms with Crippen LogP contribution < -0.4 is 5.32 Å². The number of hydrogen-bond acceptors (Lipinski definition) is 5. The van der Waals surface area contributed by atoms with Crippen molar-refractivity contribution in [1.82, 2.24) is 25.7 Å². The highest BCUT2D eigenvalue weighted by molar-refractivity contribution is 5.95. The molecular weight excluding hydrogens is 354 g/mol. The third-order valence-electron chi connectivity index (χ3n) is 5.73. The Labute approximate surface area is 163 Å². The number of amides is 1. The normalized spacial score (nSPS) is 20.2. The summed E-state index contributed by atoms with van der Waals surface area (Å²) in [5, 5.41) is 24.0. The molecule has 1 aliphatic rings. The number of aliphatic hydroxyl groups is 1. The molecule has 1 aliphatic carbocycles. The number of carbonyl (C=O) groups excluding carboxylic acids is 1. The molecule has 0 spiro atoms. The van der Waals surface area contributed by atoms with E-state index >= 15 is 0 Å². The maximum Gasteiger partial charge on any atom is 0.251 e. The molecule has 1 amide bonds. The van der Waals surface area contributed by atoms with E-state index in [1.165, 1.54) is 0 Å². The van der Waals surface area contributed by atoms with Crippen molar-refractivity contribution < 1.29 is 9.90 Å². The maximum atomic E-state index is 12.6. The van der Waals surface area contributed by atoms with Crippen LogP contribution >= 0.6 is 0 Å². The van der Waals surface area contributed by atoms with E-state index in [0.717, 1.165) is 42.5 Å². The van der Waals surface area contributed by atoms with Crippen molar-refractivity contribution in [3.05, 3.63) is 42.1 Å². The molecule has 1 saturated carbocycles. The number of fused-ring (bicyclic) bond motifs is 1. The van der Waals surface area contributed by atoms with E-state index in [0.29, 0.717) is 17.0 Å². The molecular formula is C21H25N5O2. The number of pyridine rings is 1. The number of nitrogens with one attached hydrogen (secondary N) is 2. The molecule has 0 bridgehead atoms. The quantitative estimate of drug-likeness (QED) is 0.646. The number of hydrogen-bond donors (Lipinski definition) is 3. The van der Waals surface area contributed by atoms with Crippen LogP contribution in [0.4, 0.5) is 0 Å². The molecule has 28 heavy (non-hydrogen) atoms. The van der Waals surface area contributed by atoms with E-state index in [1.807, 2.05) is 44.2 Å². The smallest absolute Gasteiger partial charge is 0.251 e. The van der Waals surface area contributed by atoms with Crippen LogP contribution in [-0.2, 0) is 0 Å². The fraction of sp³-hybridized carbons (Fsp3) is 0.429. The van der Waals surface area contributed by atoms with Gasteiger partial charge in [0.1, 0.15) is 5.52 Å². The van der Waals surface area contributed by atoms with Gasteiger partial charge in [-0.3, -0.25) is 14.9 Å². The Kier molecular flexibility index (Phi) is 4.85. The van der Waals surface area contributed by atoms with Gasteiger partial charge in [0.05, 0.1) is 16.8 Å². The van der Waals surface area contributed by atoms with Gasteiger partial charge in [0.2, 0.25) is 0 Å². The Balaban J connectivity index is 1.42. The molecule has 0 atom stereocenters. The predicted octanol–water partition coefficient (Wildman–Crippen LogP) is 3.08. The molecule has 0 unspecified atom stereocenters. The fourth-order valence-corrected chi connectivity index (χ4v) is 3.98. The zero-order chi connectivity index (χ0) is 19.7. The number of aromatic amines is 1. The van der Waals surface area contributed by atoms with E-state index in [2.05, 4.69) is 25.7 Å². The molecule has 0 radical (unpaired) electrons. The van der Waals surface area contributed by atoms with Crippen molar-refractivity contribution >= 4 is 16.9 Å². The molecule has 0 saturated heterocycles. The van der Waals surface area contributed by atoms with Gasteiger partial charge in [0.15, 0.2) is 0 Å². The summed E-state index contributed by atoms with van der Waals surface area (Å²) < 4.78 is 0. The molecule has 4 rings (SSSR count). The average Bonchev–Trinajstić information content (AvgIpc) is 3.17. The summed E-state index contributed by atoms with van der Waals surface area (Å²) in [6.07, 6.45) is 5.37. The highest BCUT2D eigenvalue weighted by Gasteiger charge is 2.31. The standard InChI is InChI=1S/C21H25N5O2/c1-21(2,28)15-7-9-16(10-8-15)23-20(27)14-5-3-13(4-6-14)18-19-17(11-12-22-18)24-26-25-19/h3-6,11-12,15-16,28H,7-10H2,1-2H3,(H,23,27)(H,24,25,26)/t15-,16-. The Hall–Kier alpha value is -2.80. The van der Waals surface area contributed by atoms with Gasteiger partial charge in [-0.05, 0) is 63.6 Å². The summed E-state index contributed by atoms with van der Waals surface area (Å²) in [6.45, 7) is 3.74. The molecule has 3 N–H and O–H groups in total. The van der Waals surface area contributed by atoms with Crippen LogP contribution in [0.25, 0.3) is 22.3 Å². The third kappa shape index (κ3) is 3.75. The Morgan fingerprint density at radius 1 is 1.14 bits per heavy atom. The molecule has 1 fully saturated rings. The highest BCUT2D eigenvalue weighted by atomic mass is 16.3. The summed E-state index contributed by atoms with van der Waals surface area (Å²) in [5.74, 6) is 0.234. The van der Waals surface area contributed by atoms with Gasteiger partial charge in [0.25, 0.3) is 5.91 Å². The second-order valence-electron chi connectivity index (χ2n) is 8.12.